The molecule has 8 heteroatoms. The first-order valence-electron chi connectivity index (χ1n) is 12.7. The number of carbonyl (C=O) groups is 1. The highest BCUT2D eigenvalue weighted by molar-refractivity contribution is 7.92. The quantitative estimate of drug-likeness (QED) is 0.230. The summed E-state index contributed by atoms with van der Waals surface area (Å²) < 4.78 is 30.6. The van der Waals surface area contributed by atoms with Crippen molar-refractivity contribution in [3.05, 3.63) is 112 Å². The number of benzene rings is 3. The number of aromatic nitrogens is 1. The van der Waals surface area contributed by atoms with Gasteiger partial charge in [0.1, 0.15) is 6.54 Å². The SMILES string of the molecule is Cc1ccc(S(=O)(=O)N(CC(=O)N/N=C\c2cc(C)n(-c3ccccc3C)c2C)c2ccc(C)cc2C)cc1. The summed E-state index contributed by atoms with van der Waals surface area (Å²) in [6.07, 6.45) is 1.59. The number of aryl methyl sites for hydroxylation is 5. The number of para-hydroxylation sites is 1. The van der Waals surface area contributed by atoms with E-state index in [-0.39, 0.29) is 4.90 Å². The monoisotopic (exact) mass is 542 g/mol. The highest BCUT2D eigenvalue weighted by Crippen LogP contribution is 2.28. The summed E-state index contributed by atoms with van der Waals surface area (Å²) in [5.74, 6) is -0.547. The highest BCUT2D eigenvalue weighted by atomic mass is 32.2. The molecule has 0 aliphatic carbocycles. The molecule has 1 aromatic heterocycles. The predicted molar refractivity (Wildman–Crippen MR) is 157 cm³/mol. The number of rotatable bonds is 8. The Balaban J connectivity index is 1.59. The Morgan fingerprint density at radius 1 is 0.872 bits per heavy atom. The van der Waals surface area contributed by atoms with Crippen LogP contribution >= 0.6 is 0 Å². The van der Waals surface area contributed by atoms with Gasteiger partial charge in [-0.15, -0.1) is 0 Å². The molecule has 202 valence electrons. The van der Waals surface area contributed by atoms with Crippen LogP contribution in [0, 0.1) is 41.5 Å². The van der Waals surface area contributed by atoms with Crippen LogP contribution in [0.2, 0.25) is 0 Å². The molecule has 1 N–H and O–H groups in total. The van der Waals surface area contributed by atoms with Crippen molar-refractivity contribution < 1.29 is 13.2 Å². The van der Waals surface area contributed by atoms with E-state index in [1.54, 1.807) is 36.5 Å². The maximum Gasteiger partial charge on any atom is 0.264 e. The molecule has 0 fully saturated rings. The van der Waals surface area contributed by atoms with Crippen LogP contribution in [0.25, 0.3) is 5.69 Å². The van der Waals surface area contributed by atoms with Crippen molar-refractivity contribution in [2.75, 3.05) is 10.8 Å². The Hall–Kier alpha value is -4.17. The van der Waals surface area contributed by atoms with Crippen molar-refractivity contribution >= 4 is 27.8 Å². The van der Waals surface area contributed by atoms with Crippen molar-refractivity contribution in [3.63, 3.8) is 0 Å². The second-order valence-electron chi connectivity index (χ2n) is 9.86. The standard InChI is InChI=1S/C31H34N4O3S/c1-21-11-14-28(15-12-21)39(37,38)34(29-16-13-22(2)17-24(29)4)20-31(36)33-32-19-27-18-25(5)35(26(27)6)30-10-8-7-9-23(30)3/h7-19H,20H2,1-6H3,(H,33,36)/b32-19-. The lowest BCUT2D eigenvalue weighted by Crippen LogP contribution is -2.40. The number of nitrogens with zero attached hydrogens (tertiary/aromatic N) is 3. The molecule has 0 radical (unpaired) electrons. The number of anilines is 1. The van der Waals surface area contributed by atoms with Gasteiger partial charge in [-0.1, -0.05) is 53.6 Å². The fourth-order valence-electron chi connectivity index (χ4n) is 4.67. The van der Waals surface area contributed by atoms with E-state index in [9.17, 15) is 13.2 Å². The molecule has 7 nitrogen and oxygen atoms in total. The van der Waals surface area contributed by atoms with Crippen LogP contribution in [0.5, 0.6) is 0 Å². The maximum absolute atomic E-state index is 13.7. The van der Waals surface area contributed by atoms with Crippen LogP contribution in [0.3, 0.4) is 0 Å². The molecule has 3 aromatic carbocycles. The summed E-state index contributed by atoms with van der Waals surface area (Å²) in [6, 6.07) is 22.2. The van der Waals surface area contributed by atoms with Gasteiger partial charge >= 0.3 is 0 Å². The summed E-state index contributed by atoms with van der Waals surface area (Å²) in [5.41, 5.74) is 10.8. The van der Waals surface area contributed by atoms with Crippen LogP contribution in [-0.4, -0.2) is 31.7 Å². The van der Waals surface area contributed by atoms with Gasteiger partial charge in [0.15, 0.2) is 0 Å². The Morgan fingerprint density at radius 3 is 2.21 bits per heavy atom. The number of nitrogens with one attached hydrogen (secondary N) is 1. The van der Waals surface area contributed by atoms with Gasteiger partial charge < -0.3 is 4.57 Å². The Labute approximate surface area is 230 Å². The second-order valence-corrected chi connectivity index (χ2v) is 11.7. The number of carbonyl (C=O) groups excluding carboxylic acids is 1. The number of hydrogen-bond donors (Lipinski definition) is 1. The predicted octanol–water partition coefficient (Wildman–Crippen LogP) is 5.67. The molecule has 0 bridgehead atoms. The first kappa shape index (κ1) is 27.9. The zero-order chi connectivity index (χ0) is 28.3. The largest absolute Gasteiger partial charge is 0.318 e. The summed E-state index contributed by atoms with van der Waals surface area (Å²) in [7, 11) is -4.00. The molecular formula is C31H34N4O3S. The minimum Gasteiger partial charge on any atom is -0.318 e. The lowest BCUT2D eigenvalue weighted by Gasteiger charge is -2.25. The third-order valence-corrected chi connectivity index (χ3v) is 8.51. The van der Waals surface area contributed by atoms with E-state index >= 15 is 0 Å². The highest BCUT2D eigenvalue weighted by Gasteiger charge is 2.28. The van der Waals surface area contributed by atoms with Crippen LogP contribution in [0.4, 0.5) is 5.69 Å². The molecule has 39 heavy (non-hydrogen) atoms. The number of amides is 1. The molecule has 0 aliphatic heterocycles. The van der Waals surface area contributed by atoms with Crippen LogP contribution in [-0.2, 0) is 14.8 Å². The minimum atomic E-state index is -4.00. The van der Waals surface area contributed by atoms with E-state index in [0.29, 0.717) is 5.69 Å². The Morgan fingerprint density at radius 2 is 1.54 bits per heavy atom. The fraction of sp³-hybridized carbons (Fsp3) is 0.226. The Kier molecular flexibility index (Phi) is 8.06. The molecule has 0 spiro atoms. The zero-order valence-corrected chi connectivity index (χ0v) is 24.0. The van der Waals surface area contributed by atoms with E-state index in [1.807, 2.05) is 65.0 Å². The lowest BCUT2D eigenvalue weighted by atomic mass is 10.1. The van der Waals surface area contributed by atoms with Gasteiger partial charge in [0.05, 0.1) is 16.8 Å². The molecule has 4 rings (SSSR count). The van der Waals surface area contributed by atoms with Crippen molar-refractivity contribution in [1.29, 1.82) is 0 Å². The molecule has 1 heterocycles. The van der Waals surface area contributed by atoms with Crippen molar-refractivity contribution in [1.82, 2.24) is 9.99 Å². The first-order valence-corrected chi connectivity index (χ1v) is 14.2. The van der Waals surface area contributed by atoms with Crippen LogP contribution in [0.15, 0.2) is 82.8 Å². The van der Waals surface area contributed by atoms with E-state index in [4.69, 9.17) is 0 Å². The number of hydrogen-bond acceptors (Lipinski definition) is 4. The lowest BCUT2D eigenvalue weighted by molar-refractivity contribution is -0.119. The summed E-state index contributed by atoms with van der Waals surface area (Å²) in [6.45, 7) is 11.3. The first-order chi connectivity index (χ1) is 18.5. The number of hydrazone groups is 1. The average Bonchev–Trinajstić information content (AvgIpc) is 3.16. The van der Waals surface area contributed by atoms with Crippen LogP contribution in [0.1, 0.15) is 39.2 Å². The van der Waals surface area contributed by atoms with Crippen molar-refractivity contribution in [3.8, 4) is 5.69 Å². The van der Waals surface area contributed by atoms with Crippen LogP contribution < -0.4 is 9.73 Å². The van der Waals surface area contributed by atoms with E-state index < -0.39 is 22.5 Å². The average molecular weight is 543 g/mol. The van der Waals surface area contributed by atoms with Gasteiger partial charge in [0.25, 0.3) is 15.9 Å². The van der Waals surface area contributed by atoms with E-state index in [2.05, 4.69) is 34.2 Å². The van der Waals surface area contributed by atoms with Gasteiger partial charge in [-0.3, -0.25) is 9.10 Å². The van der Waals surface area contributed by atoms with Gasteiger partial charge in [-0.05, 0) is 83.0 Å². The topological polar surface area (TPSA) is 83.8 Å². The Bertz CT molecular complexity index is 1650. The summed E-state index contributed by atoms with van der Waals surface area (Å²) in [5, 5.41) is 4.16. The molecule has 1 amide bonds. The molecule has 0 atom stereocenters. The smallest absolute Gasteiger partial charge is 0.264 e. The van der Waals surface area contributed by atoms with E-state index in [0.717, 1.165) is 49.2 Å². The van der Waals surface area contributed by atoms with Gasteiger partial charge in [0, 0.05) is 22.6 Å². The van der Waals surface area contributed by atoms with Crippen molar-refractivity contribution in [2.45, 2.75) is 46.4 Å². The molecule has 4 aromatic rings. The molecular weight excluding hydrogens is 508 g/mol. The summed E-state index contributed by atoms with van der Waals surface area (Å²) >= 11 is 0. The molecule has 0 aliphatic rings. The fourth-order valence-corrected chi connectivity index (χ4v) is 6.15. The molecule has 0 unspecified atom stereocenters. The third kappa shape index (κ3) is 5.96. The third-order valence-electron chi connectivity index (χ3n) is 6.74. The van der Waals surface area contributed by atoms with Gasteiger partial charge in [-0.25, -0.2) is 13.8 Å². The maximum atomic E-state index is 13.7. The second kappa shape index (κ2) is 11.3. The minimum absolute atomic E-state index is 0.119. The molecule has 0 saturated heterocycles. The van der Waals surface area contributed by atoms with E-state index in [1.165, 1.54) is 0 Å². The summed E-state index contributed by atoms with van der Waals surface area (Å²) in [4.78, 5) is 13.1. The molecule has 0 saturated carbocycles. The zero-order valence-electron chi connectivity index (χ0n) is 23.2. The van der Waals surface area contributed by atoms with Crippen molar-refractivity contribution in [2.24, 2.45) is 5.10 Å². The van der Waals surface area contributed by atoms with Gasteiger partial charge in [0.2, 0.25) is 0 Å². The normalized spacial score (nSPS) is 11.6. The number of sulfonamides is 1. The van der Waals surface area contributed by atoms with Gasteiger partial charge in [-0.2, -0.15) is 5.10 Å².